The van der Waals surface area contributed by atoms with Gasteiger partial charge in [0.05, 0.1) is 23.6 Å². The molecule has 0 radical (unpaired) electrons. The van der Waals surface area contributed by atoms with Gasteiger partial charge in [-0.25, -0.2) is 15.0 Å². The molecule has 0 atom stereocenters. The normalized spacial score (nSPS) is 11.2. The Labute approximate surface area is 132 Å². The number of rotatable bonds is 3. The Morgan fingerprint density at radius 1 is 1.22 bits per heavy atom. The number of aromatic nitrogens is 6. The molecule has 0 saturated heterocycles. The Morgan fingerprint density at radius 3 is 2.91 bits per heavy atom. The first-order chi connectivity index (χ1) is 11.3. The molecule has 7 nitrogen and oxygen atoms in total. The Morgan fingerprint density at radius 2 is 2.13 bits per heavy atom. The molecule has 4 rings (SSSR count). The maximum absolute atomic E-state index is 6.07. The molecule has 0 aromatic carbocycles. The van der Waals surface area contributed by atoms with E-state index in [9.17, 15) is 0 Å². The van der Waals surface area contributed by atoms with Crippen LogP contribution in [-0.2, 0) is 6.54 Å². The highest BCUT2D eigenvalue weighted by atomic mass is 15.1. The zero-order valence-corrected chi connectivity index (χ0v) is 12.6. The smallest absolute Gasteiger partial charge is 0.163 e. The lowest BCUT2D eigenvalue weighted by atomic mass is 10.3. The minimum Gasteiger partial charge on any atom is -0.382 e. The van der Waals surface area contributed by atoms with E-state index in [1.54, 1.807) is 18.6 Å². The number of hydrogen-bond donors (Lipinski definition) is 2. The highest BCUT2D eigenvalue weighted by molar-refractivity contribution is 5.81. The highest BCUT2D eigenvalue weighted by Crippen LogP contribution is 2.27. The van der Waals surface area contributed by atoms with Gasteiger partial charge in [0.25, 0.3) is 0 Å². The summed E-state index contributed by atoms with van der Waals surface area (Å²) in [4.78, 5) is 20.8. The highest BCUT2D eigenvalue weighted by Gasteiger charge is 2.17. The van der Waals surface area contributed by atoms with Crippen LogP contribution in [-0.4, -0.2) is 29.5 Å². The van der Waals surface area contributed by atoms with Crippen molar-refractivity contribution in [1.29, 1.82) is 0 Å². The number of nitrogens with two attached hydrogens (primary N) is 1. The van der Waals surface area contributed by atoms with Gasteiger partial charge in [-0.05, 0) is 25.1 Å². The molecule has 23 heavy (non-hydrogen) atoms. The van der Waals surface area contributed by atoms with Crippen LogP contribution in [0.15, 0.2) is 43.0 Å². The van der Waals surface area contributed by atoms with Gasteiger partial charge in [0.15, 0.2) is 11.6 Å². The SMILES string of the molecule is CCn1c(-c2nc(-c3ccc[nH]3)cnc2N)nc2cnccc21. The van der Waals surface area contributed by atoms with Crippen LogP contribution in [0.2, 0.25) is 0 Å². The van der Waals surface area contributed by atoms with E-state index in [1.165, 1.54) is 0 Å². The van der Waals surface area contributed by atoms with Crippen LogP contribution >= 0.6 is 0 Å². The van der Waals surface area contributed by atoms with Gasteiger partial charge in [-0.15, -0.1) is 0 Å². The van der Waals surface area contributed by atoms with Crippen molar-refractivity contribution in [2.45, 2.75) is 13.5 Å². The van der Waals surface area contributed by atoms with E-state index in [4.69, 9.17) is 5.73 Å². The average Bonchev–Trinajstić information content (AvgIpc) is 3.22. The molecule has 0 aliphatic rings. The van der Waals surface area contributed by atoms with Crippen molar-refractivity contribution in [3.05, 3.63) is 43.0 Å². The van der Waals surface area contributed by atoms with E-state index < -0.39 is 0 Å². The summed E-state index contributed by atoms with van der Waals surface area (Å²) in [5, 5.41) is 0. The number of pyridine rings is 1. The van der Waals surface area contributed by atoms with Crippen LogP contribution in [0.25, 0.3) is 33.9 Å². The number of hydrogen-bond acceptors (Lipinski definition) is 5. The second-order valence-corrected chi connectivity index (χ2v) is 5.12. The largest absolute Gasteiger partial charge is 0.382 e. The summed E-state index contributed by atoms with van der Waals surface area (Å²) < 4.78 is 2.07. The number of fused-ring (bicyclic) bond motifs is 1. The van der Waals surface area contributed by atoms with E-state index in [1.807, 2.05) is 24.4 Å². The third kappa shape index (κ3) is 2.13. The van der Waals surface area contributed by atoms with Crippen molar-refractivity contribution >= 4 is 16.9 Å². The molecule has 0 saturated carbocycles. The topological polar surface area (TPSA) is 98.3 Å². The predicted molar refractivity (Wildman–Crippen MR) is 88.4 cm³/mol. The Balaban J connectivity index is 1.95. The first-order valence-electron chi connectivity index (χ1n) is 7.35. The second-order valence-electron chi connectivity index (χ2n) is 5.12. The molecule has 4 aromatic heterocycles. The zero-order valence-electron chi connectivity index (χ0n) is 12.6. The van der Waals surface area contributed by atoms with Crippen molar-refractivity contribution in [3.63, 3.8) is 0 Å². The molecule has 4 aromatic rings. The Bertz CT molecular complexity index is 969. The number of aromatic amines is 1. The third-order valence-electron chi connectivity index (χ3n) is 3.75. The zero-order chi connectivity index (χ0) is 15.8. The molecule has 114 valence electrons. The number of imidazole rings is 1. The van der Waals surface area contributed by atoms with Crippen LogP contribution in [0.1, 0.15) is 6.92 Å². The molecule has 0 aliphatic carbocycles. The number of aryl methyl sites for hydroxylation is 1. The summed E-state index contributed by atoms with van der Waals surface area (Å²) in [6, 6.07) is 5.80. The first-order valence-corrected chi connectivity index (χ1v) is 7.35. The second kappa shape index (κ2) is 5.20. The number of nitrogen functional groups attached to an aromatic ring is 1. The summed E-state index contributed by atoms with van der Waals surface area (Å²) in [5.41, 5.74) is 10.1. The van der Waals surface area contributed by atoms with Crippen molar-refractivity contribution in [2.75, 3.05) is 5.73 Å². The molecule has 0 spiro atoms. The number of nitrogens with zero attached hydrogens (tertiary/aromatic N) is 5. The van der Waals surface area contributed by atoms with Crippen LogP contribution in [0, 0.1) is 0 Å². The van der Waals surface area contributed by atoms with Crippen LogP contribution in [0.4, 0.5) is 5.82 Å². The lowest BCUT2D eigenvalue weighted by Gasteiger charge is -2.08. The molecule has 0 aliphatic heterocycles. The fourth-order valence-electron chi connectivity index (χ4n) is 2.67. The van der Waals surface area contributed by atoms with Gasteiger partial charge in [0.2, 0.25) is 0 Å². The lowest BCUT2D eigenvalue weighted by molar-refractivity contribution is 0.793. The van der Waals surface area contributed by atoms with Gasteiger partial charge in [0, 0.05) is 18.9 Å². The maximum Gasteiger partial charge on any atom is 0.163 e. The van der Waals surface area contributed by atoms with Crippen LogP contribution < -0.4 is 5.73 Å². The quantitative estimate of drug-likeness (QED) is 0.606. The molecular formula is C16H15N7. The monoisotopic (exact) mass is 305 g/mol. The molecule has 0 fully saturated rings. The van der Waals surface area contributed by atoms with E-state index >= 15 is 0 Å². The van der Waals surface area contributed by atoms with Crippen molar-refractivity contribution in [2.24, 2.45) is 0 Å². The van der Waals surface area contributed by atoms with Gasteiger partial charge in [0.1, 0.15) is 16.9 Å². The number of anilines is 1. The molecule has 0 bridgehead atoms. The maximum atomic E-state index is 6.07. The Kier molecular flexibility index (Phi) is 3.04. The summed E-state index contributed by atoms with van der Waals surface area (Å²) >= 11 is 0. The molecule has 7 heteroatoms. The molecule has 0 unspecified atom stereocenters. The predicted octanol–water partition coefficient (Wildman–Crippen LogP) is 2.49. The molecular weight excluding hydrogens is 290 g/mol. The standard InChI is InChI=1S/C16H15N7/c1-2-23-13-5-7-18-8-12(13)22-16(23)14-15(17)20-9-11(21-14)10-4-3-6-19-10/h3-9,19H,2H2,1H3,(H2,17,20). The van der Waals surface area contributed by atoms with Gasteiger partial charge in [-0.1, -0.05) is 0 Å². The number of nitrogens with one attached hydrogen (secondary N) is 1. The molecule has 3 N–H and O–H groups in total. The lowest BCUT2D eigenvalue weighted by Crippen LogP contribution is -2.04. The van der Waals surface area contributed by atoms with Crippen molar-refractivity contribution in [1.82, 2.24) is 29.5 Å². The van der Waals surface area contributed by atoms with Gasteiger partial charge in [-0.2, -0.15) is 0 Å². The van der Waals surface area contributed by atoms with Gasteiger partial charge in [-0.3, -0.25) is 4.98 Å². The van der Waals surface area contributed by atoms with Crippen LogP contribution in [0.3, 0.4) is 0 Å². The summed E-state index contributed by atoms with van der Waals surface area (Å²) in [6.45, 7) is 2.81. The van der Waals surface area contributed by atoms with Crippen molar-refractivity contribution < 1.29 is 0 Å². The molecule has 4 heterocycles. The van der Waals surface area contributed by atoms with Gasteiger partial charge >= 0.3 is 0 Å². The van der Waals surface area contributed by atoms with E-state index in [0.717, 1.165) is 29.0 Å². The minimum atomic E-state index is 0.360. The Hall–Kier alpha value is -3.22. The number of H-pyrrole nitrogens is 1. The summed E-state index contributed by atoms with van der Waals surface area (Å²) in [7, 11) is 0. The summed E-state index contributed by atoms with van der Waals surface area (Å²) in [5.74, 6) is 1.06. The fraction of sp³-hybridized carbons (Fsp3) is 0.125. The summed E-state index contributed by atoms with van der Waals surface area (Å²) in [6.07, 6.45) is 7.00. The van der Waals surface area contributed by atoms with E-state index in [0.29, 0.717) is 17.3 Å². The van der Waals surface area contributed by atoms with Crippen LogP contribution in [0.5, 0.6) is 0 Å². The first kappa shape index (κ1) is 13.4. The third-order valence-corrected chi connectivity index (χ3v) is 3.75. The minimum absolute atomic E-state index is 0.360. The molecule has 0 amide bonds. The van der Waals surface area contributed by atoms with E-state index in [2.05, 4.69) is 36.4 Å². The van der Waals surface area contributed by atoms with Crippen molar-refractivity contribution in [3.8, 4) is 22.9 Å². The van der Waals surface area contributed by atoms with Gasteiger partial charge < -0.3 is 15.3 Å². The fourth-order valence-corrected chi connectivity index (χ4v) is 2.67. The average molecular weight is 305 g/mol. The van der Waals surface area contributed by atoms with E-state index in [-0.39, 0.29) is 0 Å².